The van der Waals surface area contributed by atoms with Gasteiger partial charge in [0.15, 0.2) is 6.61 Å². The molecule has 1 amide bonds. The van der Waals surface area contributed by atoms with Crippen molar-refractivity contribution in [2.45, 2.75) is 25.3 Å². The van der Waals surface area contributed by atoms with Crippen LogP contribution in [0.5, 0.6) is 0 Å². The molecule has 1 aliphatic rings. The number of carbonyl (C=O) groups is 2. The second kappa shape index (κ2) is 6.44. The molecule has 1 aliphatic carbocycles. The lowest BCUT2D eigenvalue weighted by atomic mass is 9.98. The summed E-state index contributed by atoms with van der Waals surface area (Å²) in [6.45, 7) is 1.13. The molecule has 120 valence electrons. The molecule has 1 saturated carbocycles. The highest BCUT2D eigenvalue weighted by molar-refractivity contribution is 5.91. The number of nitrogens with one attached hydrogen (secondary N) is 1. The molecule has 2 rings (SSSR count). The van der Waals surface area contributed by atoms with E-state index >= 15 is 0 Å². The number of ether oxygens (including phenoxy) is 1. The lowest BCUT2D eigenvalue weighted by Gasteiger charge is -2.22. The molecule has 0 unspecified atom stereocenters. The number of carbonyl (C=O) groups excluding carboxylic acids is 2. The summed E-state index contributed by atoms with van der Waals surface area (Å²) in [7, 11) is 0. The van der Waals surface area contributed by atoms with Gasteiger partial charge in [-0.3, -0.25) is 14.9 Å². The third-order valence-electron chi connectivity index (χ3n) is 3.67. The van der Waals surface area contributed by atoms with Crippen LogP contribution in [0.4, 0.5) is 5.69 Å². The smallest absolute Gasteiger partial charge is 0.338 e. The van der Waals surface area contributed by atoms with Crippen LogP contribution >= 0.6 is 0 Å². The fourth-order valence-electron chi connectivity index (χ4n) is 2.14. The molecule has 0 saturated heterocycles. The minimum atomic E-state index is -0.948. The number of rotatable bonds is 6. The van der Waals surface area contributed by atoms with Crippen LogP contribution in [-0.2, 0) is 9.53 Å². The van der Waals surface area contributed by atoms with E-state index in [4.69, 9.17) is 10.00 Å². The Kier molecular flexibility index (Phi) is 4.60. The van der Waals surface area contributed by atoms with E-state index in [0.29, 0.717) is 0 Å². The normalized spacial score (nSPS) is 15.8. The first-order valence-corrected chi connectivity index (χ1v) is 6.99. The zero-order valence-electron chi connectivity index (χ0n) is 12.4. The van der Waals surface area contributed by atoms with Crippen LogP contribution in [0.3, 0.4) is 0 Å². The summed E-state index contributed by atoms with van der Waals surface area (Å²) in [5, 5.41) is 22.2. The topological polar surface area (TPSA) is 122 Å². The zero-order chi connectivity index (χ0) is 17.0. The number of non-ortho nitro benzene ring substituents is 1. The average Bonchev–Trinajstić information content (AvgIpc) is 3.38. The minimum Gasteiger partial charge on any atom is -0.452 e. The van der Waals surface area contributed by atoms with Crippen LogP contribution in [-0.4, -0.2) is 28.9 Å². The van der Waals surface area contributed by atoms with Crippen LogP contribution in [0.25, 0.3) is 0 Å². The van der Waals surface area contributed by atoms with Gasteiger partial charge in [0.2, 0.25) is 0 Å². The third-order valence-corrected chi connectivity index (χ3v) is 3.67. The van der Waals surface area contributed by atoms with Crippen molar-refractivity contribution in [2.24, 2.45) is 5.92 Å². The molecule has 1 fully saturated rings. The minimum absolute atomic E-state index is 0.105. The second-order valence-electron chi connectivity index (χ2n) is 5.52. The molecule has 0 heterocycles. The number of hydrogen-bond donors (Lipinski definition) is 1. The number of amides is 1. The fourth-order valence-corrected chi connectivity index (χ4v) is 2.14. The Morgan fingerprint density at radius 2 is 2.04 bits per heavy atom. The quantitative estimate of drug-likeness (QED) is 0.482. The molecule has 0 bridgehead atoms. The molecule has 1 aromatic rings. The van der Waals surface area contributed by atoms with Gasteiger partial charge in [0.05, 0.1) is 16.6 Å². The van der Waals surface area contributed by atoms with Crippen molar-refractivity contribution in [3.05, 3.63) is 39.9 Å². The summed E-state index contributed by atoms with van der Waals surface area (Å²) in [6, 6.07) is 6.93. The van der Waals surface area contributed by atoms with Crippen molar-refractivity contribution in [2.75, 3.05) is 6.61 Å². The SMILES string of the molecule is C[C@](C#N)(NC(=O)COC(=O)c1ccc([N+](=O)[O-])cc1)C1CC1. The Morgan fingerprint density at radius 1 is 1.43 bits per heavy atom. The van der Waals surface area contributed by atoms with Crippen molar-refractivity contribution in [1.82, 2.24) is 5.32 Å². The van der Waals surface area contributed by atoms with Gasteiger partial charge in [-0.1, -0.05) is 0 Å². The van der Waals surface area contributed by atoms with E-state index < -0.39 is 28.9 Å². The van der Waals surface area contributed by atoms with Gasteiger partial charge in [-0.2, -0.15) is 5.26 Å². The highest BCUT2D eigenvalue weighted by atomic mass is 16.6. The molecule has 0 aromatic heterocycles. The number of esters is 1. The van der Waals surface area contributed by atoms with Gasteiger partial charge in [-0.15, -0.1) is 0 Å². The first kappa shape index (κ1) is 16.4. The van der Waals surface area contributed by atoms with Crippen LogP contribution in [0.15, 0.2) is 24.3 Å². The Labute approximate surface area is 132 Å². The van der Waals surface area contributed by atoms with Gasteiger partial charge in [0.25, 0.3) is 11.6 Å². The molecule has 0 spiro atoms. The molecule has 23 heavy (non-hydrogen) atoms. The standard InChI is InChI=1S/C15H15N3O5/c1-15(9-16,11-4-5-11)17-13(19)8-23-14(20)10-2-6-12(7-3-10)18(21)22/h2-3,6-7,11H,4-5,8H2,1H3,(H,17,19)/t15-/m1/s1. The molecule has 1 aromatic carbocycles. The van der Waals surface area contributed by atoms with Gasteiger partial charge < -0.3 is 10.1 Å². The highest BCUT2D eigenvalue weighted by Gasteiger charge is 2.43. The number of hydrogen-bond acceptors (Lipinski definition) is 6. The van der Waals surface area contributed by atoms with E-state index in [1.54, 1.807) is 6.92 Å². The molecular formula is C15H15N3O5. The summed E-state index contributed by atoms with van der Waals surface area (Å²) in [4.78, 5) is 33.5. The van der Waals surface area contributed by atoms with Crippen molar-refractivity contribution >= 4 is 17.6 Å². The molecule has 0 radical (unpaired) electrons. The van der Waals surface area contributed by atoms with Crippen molar-refractivity contribution in [3.8, 4) is 6.07 Å². The molecule has 1 atom stereocenters. The highest BCUT2D eigenvalue weighted by Crippen LogP contribution is 2.39. The van der Waals surface area contributed by atoms with Crippen LogP contribution in [0.1, 0.15) is 30.1 Å². The average molecular weight is 317 g/mol. The van der Waals surface area contributed by atoms with Crippen molar-refractivity contribution < 1.29 is 19.2 Å². The molecule has 1 N–H and O–H groups in total. The van der Waals surface area contributed by atoms with E-state index in [9.17, 15) is 19.7 Å². The van der Waals surface area contributed by atoms with Gasteiger partial charge >= 0.3 is 5.97 Å². The lowest BCUT2D eigenvalue weighted by molar-refractivity contribution is -0.384. The Morgan fingerprint density at radius 3 is 2.52 bits per heavy atom. The van der Waals surface area contributed by atoms with Gasteiger partial charge in [-0.25, -0.2) is 4.79 Å². The van der Waals surface area contributed by atoms with Gasteiger partial charge in [-0.05, 0) is 37.8 Å². The lowest BCUT2D eigenvalue weighted by Crippen LogP contribution is -2.48. The summed E-state index contributed by atoms with van der Waals surface area (Å²) < 4.78 is 4.85. The van der Waals surface area contributed by atoms with E-state index in [0.717, 1.165) is 12.8 Å². The molecule has 8 heteroatoms. The maximum Gasteiger partial charge on any atom is 0.338 e. The molecule has 8 nitrogen and oxygen atoms in total. The largest absolute Gasteiger partial charge is 0.452 e. The van der Waals surface area contributed by atoms with E-state index in [1.165, 1.54) is 24.3 Å². The predicted octanol–water partition coefficient (Wildman–Crippen LogP) is 1.56. The third kappa shape index (κ3) is 4.03. The van der Waals surface area contributed by atoms with Crippen molar-refractivity contribution in [1.29, 1.82) is 5.26 Å². The number of nitro groups is 1. The summed E-state index contributed by atoms with van der Waals surface area (Å²) in [6.07, 6.45) is 1.76. The Bertz CT molecular complexity index is 675. The van der Waals surface area contributed by atoms with E-state index in [1.807, 2.05) is 0 Å². The van der Waals surface area contributed by atoms with Crippen LogP contribution in [0.2, 0.25) is 0 Å². The monoisotopic (exact) mass is 317 g/mol. The number of benzene rings is 1. The zero-order valence-corrected chi connectivity index (χ0v) is 12.4. The number of nitrogens with zero attached hydrogens (tertiary/aromatic N) is 2. The number of nitro benzene ring substituents is 1. The van der Waals surface area contributed by atoms with Crippen molar-refractivity contribution in [3.63, 3.8) is 0 Å². The second-order valence-corrected chi connectivity index (χ2v) is 5.52. The summed E-state index contributed by atoms with van der Waals surface area (Å²) in [5.41, 5.74) is -0.987. The summed E-state index contributed by atoms with van der Waals surface area (Å²) in [5.74, 6) is -1.20. The molecule has 0 aliphatic heterocycles. The first-order valence-electron chi connectivity index (χ1n) is 6.99. The predicted molar refractivity (Wildman–Crippen MR) is 78.3 cm³/mol. The summed E-state index contributed by atoms with van der Waals surface area (Å²) >= 11 is 0. The molecular weight excluding hydrogens is 302 g/mol. The maximum atomic E-state index is 11.8. The van der Waals surface area contributed by atoms with Gasteiger partial charge in [0.1, 0.15) is 5.54 Å². The Hall–Kier alpha value is -2.95. The van der Waals surface area contributed by atoms with E-state index in [2.05, 4.69) is 11.4 Å². The van der Waals surface area contributed by atoms with E-state index in [-0.39, 0.29) is 17.2 Å². The maximum absolute atomic E-state index is 11.8. The first-order chi connectivity index (χ1) is 10.9. The Balaban J connectivity index is 1.87. The fraction of sp³-hybridized carbons (Fsp3) is 0.400. The van der Waals surface area contributed by atoms with Crippen LogP contribution < -0.4 is 5.32 Å². The van der Waals surface area contributed by atoms with Gasteiger partial charge in [0, 0.05) is 12.1 Å². The number of nitriles is 1. The van der Waals surface area contributed by atoms with Crippen LogP contribution in [0, 0.1) is 27.4 Å².